The van der Waals surface area contributed by atoms with Crippen molar-refractivity contribution in [2.24, 2.45) is 0 Å². The molecule has 1 unspecified atom stereocenters. The predicted molar refractivity (Wildman–Crippen MR) is 140 cm³/mol. The molecule has 2 aromatic carbocycles. The van der Waals surface area contributed by atoms with E-state index >= 15 is 0 Å². The van der Waals surface area contributed by atoms with E-state index in [1.54, 1.807) is 18.2 Å². The second-order valence-electron chi connectivity index (χ2n) is 8.09. The van der Waals surface area contributed by atoms with Gasteiger partial charge in [-0.2, -0.15) is 0 Å². The third-order valence-corrected chi connectivity index (χ3v) is 7.28. The molecule has 1 aliphatic rings. The molecule has 1 aliphatic heterocycles. The van der Waals surface area contributed by atoms with E-state index < -0.39 is 29.5 Å². The smallest absolute Gasteiger partial charge is 0.335 e. The molecule has 4 aromatic rings. The van der Waals surface area contributed by atoms with Crippen molar-refractivity contribution in [3.8, 4) is 11.5 Å². The molecule has 5 rings (SSSR count). The van der Waals surface area contributed by atoms with Gasteiger partial charge in [-0.25, -0.2) is 9.78 Å². The number of hydrogen-bond acceptors (Lipinski definition) is 9. The van der Waals surface area contributed by atoms with Crippen LogP contribution >= 0.6 is 22.9 Å². The van der Waals surface area contributed by atoms with E-state index in [4.69, 9.17) is 21.1 Å². The fraction of sp³-hybridized carbons (Fsp3) is 0.115. The number of aliphatic hydroxyl groups is 1. The number of ether oxygens (including phenoxy) is 2. The summed E-state index contributed by atoms with van der Waals surface area (Å²) in [7, 11) is 2.77. The van der Waals surface area contributed by atoms with Gasteiger partial charge in [0.25, 0.3) is 5.78 Å². The normalized spacial score (nSPS) is 16.7. The van der Waals surface area contributed by atoms with Crippen LogP contribution in [-0.4, -0.2) is 52.1 Å². The fourth-order valence-electron chi connectivity index (χ4n) is 4.19. The number of hydrogen-bond donors (Lipinski definition) is 2. The average Bonchev–Trinajstić information content (AvgIpc) is 3.46. The number of aliphatic hydroxyl groups excluding tert-OH is 1. The molecule has 10 nitrogen and oxygen atoms in total. The number of aromatic nitrogens is 2. The highest BCUT2D eigenvalue weighted by Gasteiger charge is 2.49. The minimum Gasteiger partial charge on any atom is -0.507 e. The lowest BCUT2D eigenvalue weighted by molar-refractivity contribution is -0.132. The zero-order chi connectivity index (χ0) is 27.1. The highest BCUT2D eigenvalue weighted by Crippen LogP contribution is 2.45. The van der Waals surface area contributed by atoms with Crippen LogP contribution in [0.25, 0.3) is 16.0 Å². The number of nitrogens with zero attached hydrogens (tertiary/aromatic N) is 3. The zero-order valence-corrected chi connectivity index (χ0v) is 21.4. The summed E-state index contributed by atoms with van der Waals surface area (Å²) < 4.78 is 11.1. The van der Waals surface area contributed by atoms with E-state index in [0.717, 1.165) is 16.2 Å². The SMILES string of the molecule is COc1cc(/C(O)=C2\C(=O)C(=O)N(c3nc4ccc(C(=O)O)cc4s3)C2c2ccccn2)c(OC)cc1Cl. The molecule has 0 bridgehead atoms. The minimum absolute atomic E-state index is 0.0554. The molecule has 38 heavy (non-hydrogen) atoms. The number of Topliss-reactive ketones (excluding diaryl/α,β-unsaturated/α-hetero) is 1. The van der Waals surface area contributed by atoms with Crippen molar-refractivity contribution in [3.63, 3.8) is 0 Å². The second-order valence-corrected chi connectivity index (χ2v) is 9.51. The van der Waals surface area contributed by atoms with Crippen molar-refractivity contribution in [2.45, 2.75) is 6.04 Å². The molecule has 0 saturated carbocycles. The van der Waals surface area contributed by atoms with Crippen LogP contribution in [0, 0.1) is 0 Å². The van der Waals surface area contributed by atoms with Crippen LogP contribution in [0.1, 0.15) is 27.7 Å². The summed E-state index contributed by atoms with van der Waals surface area (Å²) in [5.74, 6) is -3.14. The molecule has 0 spiro atoms. The van der Waals surface area contributed by atoms with Crippen LogP contribution < -0.4 is 14.4 Å². The number of rotatable bonds is 6. The Kier molecular flexibility index (Phi) is 6.47. The van der Waals surface area contributed by atoms with Gasteiger partial charge in [-0.1, -0.05) is 29.0 Å². The molecular weight excluding hydrogens is 534 g/mol. The number of halogens is 1. The standard InChI is InChI=1S/C26H18ClN3O7S/c1-36-17-11-14(27)18(37-2)10-13(17)22(31)20-21(16-5-3-4-8-28-16)30(24(33)23(20)32)26-29-15-7-6-12(25(34)35)9-19(15)38-26/h3-11,21,31H,1-2H3,(H,34,35)/b22-20+. The van der Waals surface area contributed by atoms with Gasteiger partial charge in [0.2, 0.25) is 0 Å². The molecular formula is C26H18ClN3O7S. The van der Waals surface area contributed by atoms with Gasteiger partial charge < -0.3 is 19.7 Å². The molecule has 0 aliphatic carbocycles. The number of methoxy groups -OCH3 is 2. The van der Waals surface area contributed by atoms with Crippen LogP contribution in [0.5, 0.6) is 11.5 Å². The lowest BCUT2D eigenvalue weighted by Gasteiger charge is -2.22. The lowest BCUT2D eigenvalue weighted by atomic mass is 9.98. The maximum absolute atomic E-state index is 13.4. The van der Waals surface area contributed by atoms with E-state index in [-0.39, 0.29) is 38.4 Å². The van der Waals surface area contributed by atoms with E-state index in [9.17, 15) is 24.6 Å². The van der Waals surface area contributed by atoms with E-state index in [1.165, 1.54) is 50.7 Å². The number of carboxylic acid groups (broad SMARTS) is 1. The summed E-state index contributed by atoms with van der Waals surface area (Å²) in [6, 6.07) is 11.0. The summed E-state index contributed by atoms with van der Waals surface area (Å²) in [6.45, 7) is 0. The summed E-state index contributed by atoms with van der Waals surface area (Å²) in [5.41, 5.74) is 0.657. The number of aromatic carboxylic acids is 1. The number of pyridine rings is 1. The Balaban J connectivity index is 1.74. The topological polar surface area (TPSA) is 139 Å². The highest BCUT2D eigenvalue weighted by atomic mass is 35.5. The van der Waals surface area contributed by atoms with Crippen LogP contribution in [0.2, 0.25) is 5.02 Å². The van der Waals surface area contributed by atoms with Crippen molar-refractivity contribution in [2.75, 3.05) is 19.1 Å². The van der Waals surface area contributed by atoms with Gasteiger partial charge in [0.15, 0.2) is 5.13 Å². The Hall–Kier alpha value is -4.48. The highest BCUT2D eigenvalue weighted by molar-refractivity contribution is 7.22. The summed E-state index contributed by atoms with van der Waals surface area (Å²) in [6.07, 6.45) is 1.50. The molecule has 1 amide bonds. The van der Waals surface area contributed by atoms with E-state index in [2.05, 4.69) is 9.97 Å². The fourth-order valence-corrected chi connectivity index (χ4v) is 5.45. The number of carbonyl (C=O) groups is 3. The second kappa shape index (κ2) is 9.77. The van der Waals surface area contributed by atoms with Gasteiger partial charge in [0.05, 0.1) is 51.9 Å². The molecule has 1 fully saturated rings. The maximum Gasteiger partial charge on any atom is 0.335 e. The Morgan fingerprint density at radius 1 is 1.05 bits per heavy atom. The van der Waals surface area contributed by atoms with Crippen molar-refractivity contribution in [1.29, 1.82) is 0 Å². The Morgan fingerprint density at radius 3 is 2.47 bits per heavy atom. The summed E-state index contributed by atoms with van der Waals surface area (Å²) >= 11 is 7.25. The Bertz CT molecular complexity index is 1650. The van der Waals surface area contributed by atoms with Gasteiger partial charge in [0, 0.05) is 12.3 Å². The van der Waals surface area contributed by atoms with Crippen LogP contribution in [0.15, 0.2) is 60.3 Å². The molecule has 0 radical (unpaired) electrons. The lowest BCUT2D eigenvalue weighted by Crippen LogP contribution is -2.29. The van der Waals surface area contributed by atoms with Gasteiger partial charge in [0.1, 0.15) is 23.3 Å². The zero-order valence-electron chi connectivity index (χ0n) is 19.8. The number of thiazole rings is 1. The van der Waals surface area contributed by atoms with Crippen LogP contribution in [0.4, 0.5) is 5.13 Å². The molecule has 1 saturated heterocycles. The number of benzene rings is 2. The minimum atomic E-state index is -1.14. The first-order valence-electron chi connectivity index (χ1n) is 11.0. The third-order valence-electron chi connectivity index (χ3n) is 5.97. The van der Waals surface area contributed by atoms with E-state index in [0.29, 0.717) is 15.9 Å². The molecule has 2 N–H and O–H groups in total. The van der Waals surface area contributed by atoms with Gasteiger partial charge in [-0.05, 0) is 36.4 Å². The quantitative estimate of drug-likeness (QED) is 0.198. The first-order valence-corrected chi connectivity index (χ1v) is 12.2. The average molecular weight is 552 g/mol. The largest absolute Gasteiger partial charge is 0.507 e. The van der Waals surface area contributed by atoms with Crippen molar-refractivity contribution in [3.05, 3.63) is 82.1 Å². The predicted octanol–water partition coefficient (Wildman–Crippen LogP) is 4.69. The number of ketones is 1. The van der Waals surface area contributed by atoms with Crippen LogP contribution in [0.3, 0.4) is 0 Å². The monoisotopic (exact) mass is 551 g/mol. The van der Waals surface area contributed by atoms with Gasteiger partial charge >= 0.3 is 11.9 Å². The summed E-state index contributed by atoms with van der Waals surface area (Å²) in [5, 5.41) is 21.2. The molecule has 2 aromatic heterocycles. The van der Waals surface area contributed by atoms with Crippen LogP contribution in [-0.2, 0) is 9.59 Å². The molecule has 3 heterocycles. The van der Waals surface area contributed by atoms with Gasteiger partial charge in [-0.3, -0.25) is 19.5 Å². The number of anilines is 1. The van der Waals surface area contributed by atoms with E-state index in [1.807, 2.05) is 0 Å². The maximum atomic E-state index is 13.4. The number of fused-ring (bicyclic) bond motifs is 1. The number of carboxylic acids is 1. The molecule has 1 atom stereocenters. The first kappa shape index (κ1) is 25.2. The summed E-state index contributed by atoms with van der Waals surface area (Å²) in [4.78, 5) is 48.2. The molecule has 12 heteroatoms. The Labute approximate surface area is 224 Å². The molecule has 192 valence electrons. The Morgan fingerprint density at radius 2 is 1.82 bits per heavy atom. The van der Waals surface area contributed by atoms with Gasteiger partial charge in [-0.15, -0.1) is 0 Å². The number of carbonyl (C=O) groups excluding carboxylic acids is 2. The van der Waals surface area contributed by atoms with Crippen molar-refractivity contribution >= 4 is 61.7 Å². The third kappa shape index (κ3) is 4.11. The number of amides is 1. The van der Waals surface area contributed by atoms with Crippen molar-refractivity contribution in [1.82, 2.24) is 9.97 Å². The first-order chi connectivity index (χ1) is 18.2. The van der Waals surface area contributed by atoms with Crippen molar-refractivity contribution < 1.29 is 34.1 Å².